The van der Waals surface area contributed by atoms with E-state index in [9.17, 15) is 14.4 Å². The minimum Gasteiger partial charge on any atom is -0.444 e. The number of amides is 3. The van der Waals surface area contributed by atoms with E-state index in [-0.39, 0.29) is 0 Å². The van der Waals surface area contributed by atoms with Crippen LogP contribution in [0.15, 0.2) is 42.5 Å². The van der Waals surface area contributed by atoms with Gasteiger partial charge in [-0.25, -0.2) is 19.5 Å². The molecule has 0 radical (unpaired) electrons. The fourth-order valence-corrected chi connectivity index (χ4v) is 3.17. The standard InChI is InChI=1S/C25H29N3O5/c1-15(29)28(23(31)33-25(5,6)7)19-11-9-17-12-16-8-10-18(13-20(16)27-21(17)14-19)26-22(30)32-24(2,3)4/h8-14H,1-7H3,(H,26,30). The van der Waals surface area contributed by atoms with E-state index in [2.05, 4.69) is 10.3 Å². The Kier molecular flexibility index (Phi) is 6.31. The van der Waals surface area contributed by atoms with Crippen molar-refractivity contribution in [3.05, 3.63) is 42.5 Å². The Morgan fingerprint density at radius 3 is 1.97 bits per heavy atom. The number of ether oxygens (including phenoxy) is 2. The van der Waals surface area contributed by atoms with Crippen LogP contribution in [-0.4, -0.2) is 34.3 Å². The smallest absolute Gasteiger partial charge is 0.421 e. The number of anilines is 2. The normalized spacial score (nSPS) is 11.8. The Hall–Kier alpha value is -3.68. The van der Waals surface area contributed by atoms with Crippen LogP contribution in [0.4, 0.5) is 21.0 Å². The van der Waals surface area contributed by atoms with Gasteiger partial charge in [0.25, 0.3) is 0 Å². The lowest BCUT2D eigenvalue weighted by atomic mass is 10.1. The zero-order valence-corrected chi connectivity index (χ0v) is 20.0. The van der Waals surface area contributed by atoms with Gasteiger partial charge in [-0.05, 0) is 71.9 Å². The van der Waals surface area contributed by atoms with Gasteiger partial charge in [0, 0.05) is 23.4 Å². The molecule has 33 heavy (non-hydrogen) atoms. The molecule has 1 N–H and O–H groups in total. The predicted octanol–water partition coefficient (Wildman–Crippen LogP) is 6.02. The average molecular weight is 452 g/mol. The second-order valence-electron chi connectivity index (χ2n) is 9.73. The second-order valence-corrected chi connectivity index (χ2v) is 9.73. The number of carbonyl (C=O) groups excluding carboxylic acids is 3. The van der Waals surface area contributed by atoms with Gasteiger partial charge in [-0.2, -0.15) is 0 Å². The number of fused-ring (bicyclic) bond motifs is 2. The summed E-state index contributed by atoms with van der Waals surface area (Å²) in [7, 11) is 0. The summed E-state index contributed by atoms with van der Waals surface area (Å²) in [5.41, 5.74) is 0.776. The molecule has 174 valence electrons. The van der Waals surface area contributed by atoms with Crippen LogP contribution in [0, 0.1) is 0 Å². The summed E-state index contributed by atoms with van der Waals surface area (Å²) in [6.07, 6.45) is -1.31. The number of hydrogen-bond donors (Lipinski definition) is 1. The van der Waals surface area contributed by atoms with Gasteiger partial charge in [-0.3, -0.25) is 10.1 Å². The van der Waals surface area contributed by atoms with E-state index >= 15 is 0 Å². The third kappa shape index (κ3) is 6.19. The van der Waals surface area contributed by atoms with Crippen LogP contribution in [0.25, 0.3) is 21.8 Å². The number of imide groups is 1. The van der Waals surface area contributed by atoms with E-state index in [1.807, 2.05) is 12.1 Å². The highest BCUT2D eigenvalue weighted by Crippen LogP contribution is 2.27. The van der Waals surface area contributed by atoms with Crippen molar-refractivity contribution in [1.82, 2.24) is 4.98 Å². The van der Waals surface area contributed by atoms with Gasteiger partial charge >= 0.3 is 12.2 Å². The van der Waals surface area contributed by atoms with E-state index < -0.39 is 29.3 Å². The first kappa shape index (κ1) is 24.0. The van der Waals surface area contributed by atoms with Gasteiger partial charge < -0.3 is 9.47 Å². The minimum atomic E-state index is -0.751. The molecule has 2 aromatic carbocycles. The summed E-state index contributed by atoms with van der Waals surface area (Å²) in [4.78, 5) is 42.6. The average Bonchev–Trinajstić information content (AvgIpc) is 2.63. The fraction of sp³-hybridized carbons (Fsp3) is 0.360. The summed E-state index contributed by atoms with van der Waals surface area (Å²) in [5.74, 6) is -0.465. The Morgan fingerprint density at radius 1 is 0.818 bits per heavy atom. The highest BCUT2D eigenvalue weighted by atomic mass is 16.6. The topological polar surface area (TPSA) is 97.8 Å². The number of rotatable bonds is 2. The lowest BCUT2D eigenvalue weighted by Gasteiger charge is -2.25. The maximum atomic E-state index is 12.6. The van der Waals surface area contributed by atoms with Gasteiger partial charge in [0.15, 0.2) is 0 Å². The molecule has 0 saturated carbocycles. The SMILES string of the molecule is CC(=O)N(C(=O)OC(C)(C)C)c1ccc2cc3ccc(NC(=O)OC(C)(C)C)cc3nc2c1. The van der Waals surface area contributed by atoms with E-state index in [1.165, 1.54) is 6.92 Å². The molecule has 0 fully saturated rings. The number of hydrogen-bond acceptors (Lipinski definition) is 6. The van der Waals surface area contributed by atoms with Gasteiger partial charge in [-0.1, -0.05) is 12.1 Å². The van der Waals surface area contributed by atoms with Crippen molar-refractivity contribution in [3.63, 3.8) is 0 Å². The summed E-state index contributed by atoms with van der Waals surface area (Å²) in [5, 5.41) is 4.42. The van der Waals surface area contributed by atoms with Crippen LogP contribution in [0.3, 0.4) is 0 Å². The van der Waals surface area contributed by atoms with Crippen molar-refractivity contribution in [2.24, 2.45) is 0 Å². The molecule has 0 unspecified atom stereocenters. The van der Waals surface area contributed by atoms with Crippen molar-refractivity contribution in [1.29, 1.82) is 0 Å². The van der Waals surface area contributed by atoms with Gasteiger partial charge in [0.05, 0.1) is 16.7 Å². The largest absolute Gasteiger partial charge is 0.444 e. The molecule has 3 amide bonds. The summed E-state index contributed by atoms with van der Waals surface area (Å²) in [6, 6.07) is 12.4. The highest BCUT2D eigenvalue weighted by molar-refractivity contribution is 6.12. The Balaban J connectivity index is 1.97. The van der Waals surface area contributed by atoms with Crippen molar-refractivity contribution in [2.75, 3.05) is 10.2 Å². The number of benzene rings is 2. The molecular formula is C25H29N3O5. The van der Waals surface area contributed by atoms with Crippen molar-refractivity contribution < 1.29 is 23.9 Å². The molecule has 3 rings (SSSR count). The first-order valence-electron chi connectivity index (χ1n) is 10.6. The summed E-state index contributed by atoms with van der Waals surface area (Å²) >= 11 is 0. The number of nitrogens with one attached hydrogen (secondary N) is 1. The monoisotopic (exact) mass is 451 g/mol. The van der Waals surface area contributed by atoms with E-state index in [0.29, 0.717) is 22.4 Å². The third-order valence-electron chi connectivity index (χ3n) is 4.39. The molecular weight excluding hydrogens is 422 g/mol. The zero-order valence-electron chi connectivity index (χ0n) is 20.0. The van der Waals surface area contributed by atoms with Gasteiger partial charge in [0.1, 0.15) is 11.2 Å². The molecule has 0 aliphatic rings. The molecule has 1 aromatic heterocycles. The van der Waals surface area contributed by atoms with Gasteiger partial charge in [-0.15, -0.1) is 0 Å². The molecule has 0 atom stereocenters. The summed E-state index contributed by atoms with van der Waals surface area (Å²) in [6.45, 7) is 11.9. The molecule has 8 heteroatoms. The van der Waals surface area contributed by atoms with E-state index in [0.717, 1.165) is 15.7 Å². The fourth-order valence-electron chi connectivity index (χ4n) is 3.17. The Bertz CT molecular complexity index is 1240. The molecule has 0 aliphatic heterocycles. The first-order valence-corrected chi connectivity index (χ1v) is 10.6. The molecule has 3 aromatic rings. The highest BCUT2D eigenvalue weighted by Gasteiger charge is 2.26. The molecule has 0 bridgehead atoms. The lowest BCUT2D eigenvalue weighted by Crippen LogP contribution is -2.39. The quantitative estimate of drug-likeness (QED) is 0.478. The number of nitrogens with zero attached hydrogens (tertiary/aromatic N) is 2. The van der Waals surface area contributed by atoms with Crippen LogP contribution < -0.4 is 10.2 Å². The molecule has 0 spiro atoms. The van der Waals surface area contributed by atoms with E-state index in [1.54, 1.807) is 71.9 Å². The summed E-state index contributed by atoms with van der Waals surface area (Å²) < 4.78 is 10.7. The number of pyridine rings is 1. The number of carbonyl (C=O) groups is 3. The predicted molar refractivity (Wildman–Crippen MR) is 128 cm³/mol. The first-order chi connectivity index (χ1) is 15.2. The zero-order chi connectivity index (χ0) is 24.6. The maximum absolute atomic E-state index is 12.6. The van der Waals surface area contributed by atoms with Crippen LogP contribution in [-0.2, 0) is 14.3 Å². The third-order valence-corrected chi connectivity index (χ3v) is 4.39. The second kappa shape index (κ2) is 8.69. The van der Waals surface area contributed by atoms with E-state index in [4.69, 9.17) is 9.47 Å². The van der Waals surface area contributed by atoms with Crippen LogP contribution in [0.1, 0.15) is 48.5 Å². The number of aromatic nitrogens is 1. The van der Waals surface area contributed by atoms with Crippen molar-refractivity contribution >= 4 is 51.3 Å². The lowest BCUT2D eigenvalue weighted by molar-refractivity contribution is -0.116. The van der Waals surface area contributed by atoms with Crippen LogP contribution in [0.5, 0.6) is 0 Å². The molecule has 8 nitrogen and oxygen atoms in total. The minimum absolute atomic E-state index is 0.360. The maximum Gasteiger partial charge on any atom is 0.421 e. The Labute approximate surface area is 192 Å². The Morgan fingerprint density at radius 2 is 1.39 bits per heavy atom. The van der Waals surface area contributed by atoms with Crippen LogP contribution >= 0.6 is 0 Å². The molecule has 0 aliphatic carbocycles. The molecule has 1 heterocycles. The molecule has 0 saturated heterocycles. The van der Waals surface area contributed by atoms with Crippen molar-refractivity contribution in [3.8, 4) is 0 Å². The van der Waals surface area contributed by atoms with Crippen molar-refractivity contribution in [2.45, 2.75) is 59.7 Å². The van der Waals surface area contributed by atoms with Crippen LogP contribution in [0.2, 0.25) is 0 Å². The van der Waals surface area contributed by atoms with Gasteiger partial charge in [0.2, 0.25) is 5.91 Å².